The van der Waals surface area contributed by atoms with Gasteiger partial charge in [-0.15, -0.1) is 0 Å². The van der Waals surface area contributed by atoms with Crippen LogP contribution in [0, 0.1) is 0 Å². The van der Waals surface area contributed by atoms with Crippen molar-refractivity contribution in [3.05, 3.63) is 11.1 Å². The van der Waals surface area contributed by atoms with E-state index in [-0.39, 0.29) is 6.42 Å². The maximum atomic E-state index is 10.2. The van der Waals surface area contributed by atoms with Gasteiger partial charge in [-0.25, -0.2) is 9.67 Å². The Morgan fingerprint density at radius 2 is 2.50 bits per heavy atom. The second kappa shape index (κ2) is 4.20. The second-order valence-electron chi connectivity index (χ2n) is 2.25. The molecule has 1 aromatic rings. The van der Waals surface area contributed by atoms with E-state index >= 15 is 0 Å². The Hall–Kier alpha value is -0.910. The first-order valence-electron chi connectivity index (χ1n) is 3.45. The Labute approximate surface area is 77.5 Å². The van der Waals surface area contributed by atoms with Crippen LogP contribution in [0.1, 0.15) is 12.8 Å². The maximum Gasteiger partial charge on any atom is 0.303 e. The topological polar surface area (TPSA) is 68.0 Å². The summed E-state index contributed by atoms with van der Waals surface area (Å²) >= 11 is 3.18. The van der Waals surface area contributed by atoms with Gasteiger partial charge >= 0.3 is 5.97 Å². The molecule has 0 fully saturated rings. The standard InChI is InChI=1S/C6H8BrN3O2/c7-6-8-4-9-10(6)3-1-2-5(11)12/h4H,1-3H2,(H,11,12). The minimum absolute atomic E-state index is 0.159. The third kappa shape index (κ3) is 2.61. The lowest BCUT2D eigenvalue weighted by molar-refractivity contribution is -0.137. The summed E-state index contributed by atoms with van der Waals surface area (Å²) in [6.07, 6.45) is 2.15. The highest BCUT2D eigenvalue weighted by atomic mass is 79.9. The molecule has 0 bridgehead atoms. The van der Waals surface area contributed by atoms with Crippen LogP contribution in [-0.2, 0) is 11.3 Å². The molecule has 0 aromatic carbocycles. The van der Waals surface area contributed by atoms with Crippen LogP contribution < -0.4 is 0 Å². The van der Waals surface area contributed by atoms with Crippen molar-refractivity contribution < 1.29 is 9.90 Å². The van der Waals surface area contributed by atoms with E-state index in [4.69, 9.17) is 5.11 Å². The van der Waals surface area contributed by atoms with Crippen LogP contribution in [0.2, 0.25) is 0 Å². The van der Waals surface area contributed by atoms with Crippen LogP contribution in [-0.4, -0.2) is 25.8 Å². The molecule has 0 amide bonds. The predicted octanol–water partition coefficient (Wildman–Crippen LogP) is 0.905. The van der Waals surface area contributed by atoms with E-state index in [1.807, 2.05) is 0 Å². The summed E-state index contributed by atoms with van der Waals surface area (Å²) in [4.78, 5) is 14.0. The molecule has 12 heavy (non-hydrogen) atoms. The van der Waals surface area contributed by atoms with Gasteiger partial charge in [-0.05, 0) is 22.4 Å². The summed E-state index contributed by atoms with van der Waals surface area (Å²) in [6.45, 7) is 0.576. The quantitative estimate of drug-likeness (QED) is 0.840. The zero-order valence-corrected chi connectivity index (χ0v) is 7.86. The fourth-order valence-electron chi connectivity index (χ4n) is 0.780. The van der Waals surface area contributed by atoms with E-state index in [1.165, 1.54) is 6.33 Å². The lowest BCUT2D eigenvalue weighted by atomic mass is 10.3. The van der Waals surface area contributed by atoms with Crippen molar-refractivity contribution in [2.45, 2.75) is 19.4 Å². The predicted molar refractivity (Wildman–Crippen MR) is 44.6 cm³/mol. The summed E-state index contributed by atoms with van der Waals surface area (Å²) < 4.78 is 2.25. The van der Waals surface area contributed by atoms with Crippen LogP contribution in [0.5, 0.6) is 0 Å². The number of carbonyl (C=O) groups is 1. The Morgan fingerprint density at radius 1 is 1.75 bits per heavy atom. The van der Waals surface area contributed by atoms with Gasteiger partial charge in [0.2, 0.25) is 0 Å². The fourth-order valence-corrected chi connectivity index (χ4v) is 1.14. The molecule has 6 heteroatoms. The second-order valence-corrected chi connectivity index (χ2v) is 2.96. The SMILES string of the molecule is O=C(O)CCCn1ncnc1Br. The molecule has 0 saturated heterocycles. The summed E-state index contributed by atoms with van der Waals surface area (Å²) in [5, 5.41) is 12.2. The number of aryl methyl sites for hydroxylation is 1. The van der Waals surface area contributed by atoms with Gasteiger partial charge in [0.25, 0.3) is 0 Å². The van der Waals surface area contributed by atoms with E-state index in [9.17, 15) is 4.79 Å². The highest BCUT2D eigenvalue weighted by Gasteiger charge is 2.01. The first-order chi connectivity index (χ1) is 5.70. The van der Waals surface area contributed by atoms with Crippen LogP contribution in [0.15, 0.2) is 11.1 Å². The number of hydrogen-bond donors (Lipinski definition) is 1. The number of hydrogen-bond acceptors (Lipinski definition) is 3. The normalized spacial score (nSPS) is 10.1. The van der Waals surface area contributed by atoms with Gasteiger partial charge in [0.05, 0.1) is 0 Å². The molecule has 1 aromatic heterocycles. The number of carboxylic acid groups (broad SMARTS) is 1. The van der Waals surface area contributed by atoms with E-state index in [1.54, 1.807) is 4.68 Å². The first kappa shape index (κ1) is 9.18. The summed E-state index contributed by atoms with van der Waals surface area (Å²) in [5.41, 5.74) is 0. The van der Waals surface area contributed by atoms with Gasteiger partial charge in [-0.3, -0.25) is 4.79 Å². The Bertz CT molecular complexity index is 274. The molecular formula is C6H8BrN3O2. The third-order valence-corrected chi connectivity index (χ3v) is 1.94. The van der Waals surface area contributed by atoms with Crippen molar-refractivity contribution in [1.29, 1.82) is 0 Å². The summed E-state index contributed by atoms with van der Waals surface area (Å²) in [6, 6.07) is 0. The summed E-state index contributed by atoms with van der Waals surface area (Å²) in [7, 11) is 0. The molecule has 0 atom stereocenters. The van der Waals surface area contributed by atoms with E-state index in [0.717, 1.165) is 0 Å². The smallest absolute Gasteiger partial charge is 0.303 e. The molecule has 66 valence electrons. The zero-order chi connectivity index (χ0) is 8.97. The monoisotopic (exact) mass is 233 g/mol. The zero-order valence-electron chi connectivity index (χ0n) is 6.27. The number of rotatable bonds is 4. The van der Waals surface area contributed by atoms with E-state index in [2.05, 4.69) is 26.0 Å². The Morgan fingerprint density at radius 3 is 3.00 bits per heavy atom. The average Bonchev–Trinajstić information content (AvgIpc) is 2.36. The van der Waals surface area contributed by atoms with Crippen LogP contribution in [0.25, 0.3) is 0 Å². The van der Waals surface area contributed by atoms with Gasteiger partial charge in [0.15, 0.2) is 4.73 Å². The largest absolute Gasteiger partial charge is 0.481 e. The minimum Gasteiger partial charge on any atom is -0.481 e. The van der Waals surface area contributed by atoms with Crippen LogP contribution in [0.4, 0.5) is 0 Å². The van der Waals surface area contributed by atoms with Crippen molar-refractivity contribution in [1.82, 2.24) is 14.8 Å². The maximum absolute atomic E-state index is 10.2. The highest BCUT2D eigenvalue weighted by Crippen LogP contribution is 2.04. The Kier molecular flexibility index (Phi) is 3.21. The molecule has 0 radical (unpaired) electrons. The van der Waals surface area contributed by atoms with Gasteiger partial charge < -0.3 is 5.11 Å². The van der Waals surface area contributed by atoms with Gasteiger partial charge in [-0.1, -0.05) is 0 Å². The molecular weight excluding hydrogens is 226 g/mol. The van der Waals surface area contributed by atoms with Crippen molar-refractivity contribution >= 4 is 21.9 Å². The van der Waals surface area contributed by atoms with Crippen molar-refractivity contribution in [3.63, 3.8) is 0 Å². The summed E-state index contributed by atoms with van der Waals surface area (Å²) in [5.74, 6) is -0.786. The molecule has 0 aliphatic carbocycles. The van der Waals surface area contributed by atoms with Crippen molar-refractivity contribution in [2.75, 3.05) is 0 Å². The molecule has 0 saturated carbocycles. The van der Waals surface area contributed by atoms with Crippen LogP contribution >= 0.6 is 15.9 Å². The number of aromatic nitrogens is 3. The highest BCUT2D eigenvalue weighted by molar-refractivity contribution is 9.10. The van der Waals surface area contributed by atoms with E-state index in [0.29, 0.717) is 17.7 Å². The van der Waals surface area contributed by atoms with Gasteiger partial charge in [0.1, 0.15) is 6.33 Å². The number of carboxylic acids is 1. The molecule has 0 spiro atoms. The molecule has 1 rings (SSSR count). The first-order valence-corrected chi connectivity index (χ1v) is 4.24. The lowest BCUT2D eigenvalue weighted by Crippen LogP contribution is -2.03. The molecule has 0 aliphatic rings. The average molecular weight is 234 g/mol. The number of nitrogens with zero attached hydrogens (tertiary/aromatic N) is 3. The molecule has 0 unspecified atom stereocenters. The molecule has 0 aliphatic heterocycles. The fraction of sp³-hybridized carbons (Fsp3) is 0.500. The number of halogens is 1. The van der Waals surface area contributed by atoms with Crippen molar-refractivity contribution in [2.24, 2.45) is 0 Å². The minimum atomic E-state index is -0.786. The third-order valence-electron chi connectivity index (χ3n) is 1.33. The van der Waals surface area contributed by atoms with E-state index < -0.39 is 5.97 Å². The molecule has 1 N–H and O–H groups in total. The van der Waals surface area contributed by atoms with Crippen molar-refractivity contribution in [3.8, 4) is 0 Å². The Balaban J connectivity index is 2.33. The number of aliphatic carboxylic acids is 1. The molecule has 5 nitrogen and oxygen atoms in total. The lowest BCUT2D eigenvalue weighted by Gasteiger charge is -1.98. The van der Waals surface area contributed by atoms with Gasteiger partial charge in [-0.2, -0.15) is 5.10 Å². The van der Waals surface area contributed by atoms with Crippen LogP contribution in [0.3, 0.4) is 0 Å². The van der Waals surface area contributed by atoms with Gasteiger partial charge in [0, 0.05) is 13.0 Å². The molecule has 1 heterocycles.